The van der Waals surface area contributed by atoms with E-state index in [0.717, 1.165) is 24.2 Å². The van der Waals surface area contributed by atoms with Crippen molar-refractivity contribution in [1.29, 1.82) is 0 Å². The predicted octanol–water partition coefficient (Wildman–Crippen LogP) is 3.36. The average molecular weight is 306 g/mol. The summed E-state index contributed by atoms with van der Waals surface area (Å²) in [6, 6.07) is 5.75. The second-order valence-electron chi connectivity index (χ2n) is 6.78. The Morgan fingerprint density at radius 1 is 1.27 bits per heavy atom. The van der Waals surface area contributed by atoms with Crippen LogP contribution in [0.5, 0.6) is 5.75 Å². The van der Waals surface area contributed by atoms with Gasteiger partial charge in [-0.2, -0.15) is 0 Å². The third-order valence-corrected chi connectivity index (χ3v) is 3.62. The summed E-state index contributed by atoms with van der Waals surface area (Å²) in [6.45, 7) is 8.91. The lowest BCUT2D eigenvalue weighted by Crippen LogP contribution is -2.44. The van der Waals surface area contributed by atoms with Gasteiger partial charge in [-0.15, -0.1) is 0 Å². The van der Waals surface area contributed by atoms with Crippen molar-refractivity contribution in [3.05, 3.63) is 23.8 Å². The Kier molecular flexibility index (Phi) is 4.84. The molecule has 0 aliphatic carbocycles. The van der Waals surface area contributed by atoms with Gasteiger partial charge < -0.3 is 20.1 Å². The normalized spacial score (nSPS) is 16.5. The zero-order valence-corrected chi connectivity index (χ0v) is 13.9. The van der Waals surface area contributed by atoms with E-state index in [1.54, 1.807) is 4.90 Å². The summed E-state index contributed by atoms with van der Waals surface area (Å²) >= 11 is 0. The Labute approximate surface area is 132 Å². The summed E-state index contributed by atoms with van der Waals surface area (Å²) in [4.78, 5) is 13.8. The molecule has 0 atom stereocenters. The predicted molar refractivity (Wildman–Crippen MR) is 87.0 cm³/mol. The Bertz CT molecular complexity index is 509. The molecule has 2 rings (SSSR count). The van der Waals surface area contributed by atoms with Crippen LogP contribution in [0.1, 0.15) is 39.2 Å². The first-order chi connectivity index (χ1) is 10.3. The highest BCUT2D eigenvalue weighted by atomic mass is 16.6. The molecule has 0 unspecified atom stereocenters. The van der Waals surface area contributed by atoms with Gasteiger partial charge in [-0.3, -0.25) is 0 Å². The number of para-hydroxylation sites is 1. The third-order valence-electron chi connectivity index (χ3n) is 3.62. The first kappa shape index (κ1) is 16.5. The molecule has 1 aliphatic heterocycles. The topological polar surface area (TPSA) is 64.8 Å². The van der Waals surface area contributed by atoms with Crippen molar-refractivity contribution in [2.75, 3.05) is 18.8 Å². The Balaban J connectivity index is 1.89. The quantitative estimate of drug-likeness (QED) is 0.851. The number of benzene rings is 1. The molecule has 122 valence electrons. The number of nitrogens with zero attached hydrogens (tertiary/aromatic N) is 1. The van der Waals surface area contributed by atoms with Crippen molar-refractivity contribution in [2.45, 2.75) is 52.2 Å². The van der Waals surface area contributed by atoms with E-state index in [1.807, 2.05) is 45.9 Å². The van der Waals surface area contributed by atoms with Crippen molar-refractivity contribution < 1.29 is 14.3 Å². The van der Waals surface area contributed by atoms with Crippen LogP contribution in [0.3, 0.4) is 0 Å². The van der Waals surface area contributed by atoms with Gasteiger partial charge in [-0.1, -0.05) is 12.1 Å². The van der Waals surface area contributed by atoms with E-state index < -0.39 is 5.60 Å². The maximum atomic E-state index is 12.0. The highest BCUT2D eigenvalue weighted by Gasteiger charge is 2.28. The highest BCUT2D eigenvalue weighted by Crippen LogP contribution is 2.29. The van der Waals surface area contributed by atoms with E-state index in [9.17, 15) is 4.79 Å². The number of anilines is 1. The second kappa shape index (κ2) is 6.46. The lowest BCUT2D eigenvalue weighted by Gasteiger charge is -2.33. The lowest BCUT2D eigenvalue weighted by molar-refractivity contribution is 0.0126. The van der Waals surface area contributed by atoms with E-state index in [4.69, 9.17) is 15.2 Å². The maximum Gasteiger partial charge on any atom is 0.410 e. The van der Waals surface area contributed by atoms with Crippen LogP contribution in [0.4, 0.5) is 10.5 Å². The molecule has 1 fully saturated rings. The maximum absolute atomic E-state index is 12.0. The first-order valence-electron chi connectivity index (χ1n) is 7.76. The number of amides is 1. The molecule has 1 heterocycles. The fourth-order valence-corrected chi connectivity index (χ4v) is 2.49. The molecular formula is C17H26N2O3. The molecule has 0 aromatic heterocycles. The largest absolute Gasteiger partial charge is 0.488 e. The Hall–Kier alpha value is -1.91. The average Bonchev–Trinajstić information content (AvgIpc) is 2.42. The van der Waals surface area contributed by atoms with Gasteiger partial charge in [-0.25, -0.2) is 4.79 Å². The highest BCUT2D eigenvalue weighted by molar-refractivity contribution is 5.68. The number of likely N-dealkylation sites (tertiary alicyclic amines) is 1. The third kappa shape index (κ3) is 4.29. The van der Waals surface area contributed by atoms with Gasteiger partial charge in [0.05, 0.1) is 5.69 Å². The molecule has 1 saturated heterocycles. The van der Waals surface area contributed by atoms with Gasteiger partial charge in [0.15, 0.2) is 0 Å². The van der Waals surface area contributed by atoms with Gasteiger partial charge in [0.1, 0.15) is 17.5 Å². The number of carbonyl (C=O) groups is 1. The minimum Gasteiger partial charge on any atom is -0.488 e. The molecule has 1 aromatic rings. The number of nitrogens with two attached hydrogens (primary N) is 1. The zero-order valence-electron chi connectivity index (χ0n) is 13.9. The van der Waals surface area contributed by atoms with Crippen LogP contribution < -0.4 is 10.5 Å². The molecule has 5 heteroatoms. The standard InChI is InChI=1S/C17H26N2O3/c1-12-6-5-7-14(18)15(12)21-13-8-10-19(11-9-13)16(20)22-17(2,3)4/h5-7,13H,8-11,18H2,1-4H3. The van der Waals surface area contributed by atoms with E-state index >= 15 is 0 Å². The summed E-state index contributed by atoms with van der Waals surface area (Å²) in [6.07, 6.45) is 1.41. The molecule has 0 bridgehead atoms. The molecule has 0 radical (unpaired) electrons. The van der Waals surface area contributed by atoms with Gasteiger partial charge in [0.25, 0.3) is 0 Å². The minimum atomic E-state index is -0.458. The van der Waals surface area contributed by atoms with E-state index in [2.05, 4.69) is 0 Å². The van der Waals surface area contributed by atoms with Crippen molar-refractivity contribution in [3.8, 4) is 5.75 Å². The molecule has 5 nitrogen and oxygen atoms in total. The van der Waals surface area contributed by atoms with Crippen molar-refractivity contribution in [2.24, 2.45) is 0 Å². The number of aryl methyl sites for hydroxylation is 1. The van der Waals surface area contributed by atoms with E-state index in [1.165, 1.54) is 0 Å². The molecule has 2 N–H and O–H groups in total. The number of hydrogen-bond acceptors (Lipinski definition) is 4. The second-order valence-corrected chi connectivity index (χ2v) is 6.78. The molecule has 22 heavy (non-hydrogen) atoms. The number of ether oxygens (including phenoxy) is 2. The van der Waals surface area contributed by atoms with Crippen LogP contribution in [0, 0.1) is 6.92 Å². The number of piperidine rings is 1. The molecule has 1 amide bonds. The molecule has 0 saturated carbocycles. The van der Waals surface area contributed by atoms with Crippen LogP contribution in [0.25, 0.3) is 0 Å². The SMILES string of the molecule is Cc1cccc(N)c1OC1CCN(C(=O)OC(C)(C)C)CC1. The van der Waals surface area contributed by atoms with Crippen molar-refractivity contribution in [1.82, 2.24) is 4.90 Å². The fraction of sp³-hybridized carbons (Fsp3) is 0.588. The lowest BCUT2D eigenvalue weighted by atomic mass is 10.1. The minimum absolute atomic E-state index is 0.0853. The van der Waals surface area contributed by atoms with Crippen LogP contribution in [-0.2, 0) is 4.74 Å². The molecular weight excluding hydrogens is 280 g/mol. The Morgan fingerprint density at radius 2 is 1.91 bits per heavy atom. The van der Waals surface area contributed by atoms with Crippen LogP contribution in [-0.4, -0.2) is 35.8 Å². The summed E-state index contributed by atoms with van der Waals surface area (Å²) in [5.41, 5.74) is 7.21. The fourth-order valence-electron chi connectivity index (χ4n) is 2.49. The Morgan fingerprint density at radius 3 is 2.45 bits per heavy atom. The summed E-state index contributed by atoms with van der Waals surface area (Å²) < 4.78 is 11.4. The monoisotopic (exact) mass is 306 g/mol. The van der Waals surface area contributed by atoms with Gasteiger partial charge in [-0.05, 0) is 39.3 Å². The van der Waals surface area contributed by atoms with Crippen LogP contribution in [0.2, 0.25) is 0 Å². The number of rotatable bonds is 2. The summed E-state index contributed by atoms with van der Waals surface area (Å²) in [7, 11) is 0. The molecule has 1 aromatic carbocycles. The van der Waals surface area contributed by atoms with Crippen LogP contribution in [0.15, 0.2) is 18.2 Å². The van der Waals surface area contributed by atoms with Crippen LogP contribution >= 0.6 is 0 Å². The molecule has 0 spiro atoms. The smallest absolute Gasteiger partial charge is 0.410 e. The van der Waals surface area contributed by atoms with Gasteiger partial charge in [0.2, 0.25) is 0 Å². The molecule has 1 aliphatic rings. The van der Waals surface area contributed by atoms with E-state index in [0.29, 0.717) is 18.8 Å². The number of carbonyl (C=O) groups excluding carboxylic acids is 1. The summed E-state index contributed by atoms with van der Waals surface area (Å²) in [5, 5.41) is 0. The zero-order chi connectivity index (χ0) is 16.3. The van der Waals surface area contributed by atoms with Gasteiger partial charge in [0, 0.05) is 25.9 Å². The van der Waals surface area contributed by atoms with Crippen molar-refractivity contribution in [3.63, 3.8) is 0 Å². The number of hydrogen-bond donors (Lipinski definition) is 1. The van der Waals surface area contributed by atoms with Crippen molar-refractivity contribution >= 4 is 11.8 Å². The number of nitrogen functional groups attached to an aromatic ring is 1. The first-order valence-corrected chi connectivity index (χ1v) is 7.76. The van der Waals surface area contributed by atoms with Gasteiger partial charge >= 0.3 is 6.09 Å². The summed E-state index contributed by atoms with van der Waals surface area (Å²) in [5.74, 6) is 0.762. The van der Waals surface area contributed by atoms with E-state index in [-0.39, 0.29) is 12.2 Å².